The van der Waals surface area contributed by atoms with Crippen molar-refractivity contribution in [2.24, 2.45) is 5.16 Å². The van der Waals surface area contributed by atoms with Crippen LogP contribution in [0.15, 0.2) is 41.7 Å². The maximum Gasteiger partial charge on any atom is 0.522 e. The third-order valence-electron chi connectivity index (χ3n) is 4.76. The van der Waals surface area contributed by atoms with Gasteiger partial charge in [-0.3, -0.25) is 4.98 Å². The average molecular weight is 383 g/mol. The maximum absolute atomic E-state index is 11.8. The van der Waals surface area contributed by atoms with Crippen LogP contribution in [0, 0.1) is 0 Å². The number of fused-ring (bicyclic) bond motifs is 1. The summed E-state index contributed by atoms with van der Waals surface area (Å²) in [5.41, 5.74) is 1.18. The first kappa shape index (κ1) is 18.1. The van der Waals surface area contributed by atoms with Crippen LogP contribution in [0.2, 0.25) is 6.32 Å². The van der Waals surface area contributed by atoms with E-state index in [0.29, 0.717) is 37.4 Å². The third kappa shape index (κ3) is 3.34. The van der Waals surface area contributed by atoms with Gasteiger partial charge < -0.3 is 29.6 Å². The summed E-state index contributed by atoms with van der Waals surface area (Å²) in [4.78, 5) is 17.7. The Labute approximate surface area is 161 Å². The van der Waals surface area contributed by atoms with Gasteiger partial charge in [-0.05, 0) is 36.5 Å². The van der Waals surface area contributed by atoms with E-state index in [1.54, 1.807) is 41.4 Å². The molecule has 1 saturated heterocycles. The molecule has 4 rings (SSSR count). The van der Waals surface area contributed by atoms with E-state index in [1.807, 2.05) is 0 Å². The Morgan fingerprint density at radius 1 is 1.32 bits per heavy atom. The van der Waals surface area contributed by atoms with E-state index in [1.165, 1.54) is 0 Å². The van der Waals surface area contributed by atoms with Crippen molar-refractivity contribution in [3.05, 3.63) is 53.3 Å². The van der Waals surface area contributed by atoms with Crippen molar-refractivity contribution in [1.29, 1.82) is 0 Å². The van der Waals surface area contributed by atoms with E-state index in [2.05, 4.69) is 10.1 Å². The average Bonchev–Trinajstić information content (AvgIpc) is 2.66. The number of aryl methyl sites for hydroxylation is 1. The first-order valence-corrected chi connectivity index (χ1v) is 8.85. The second-order valence-electron chi connectivity index (χ2n) is 6.63. The van der Waals surface area contributed by atoms with Crippen LogP contribution in [0.3, 0.4) is 0 Å². The molecule has 0 radical (unpaired) electrons. The second-order valence-corrected chi connectivity index (χ2v) is 6.63. The first-order valence-electron chi connectivity index (χ1n) is 8.85. The topological polar surface area (TPSA) is 125 Å². The van der Waals surface area contributed by atoms with Gasteiger partial charge in [0.2, 0.25) is 0 Å². The van der Waals surface area contributed by atoms with E-state index in [0.717, 1.165) is 5.56 Å². The van der Waals surface area contributed by atoms with Gasteiger partial charge in [-0.15, -0.1) is 0 Å². The van der Waals surface area contributed by atoms with E-state index in [9.17, 15) is 20.1 Å². The molecule has 0 spiro atoms. The normalized spacial score (nSPS) is 16.8. The number of carboxylic acid groups (broad SMARTS) is 1. The Morgan fingerprint density at radius 2 is 2.14 bits per heavy atom. The van der Waals surface area contributed by atoms with Crippen LogP contribution in [0.1, 0.15) is 21.6 Å². The number of pyridine rings is 1. The first-order chi connectivity index (χ1) is 13.6. The standard InChI is InChI=1S/C18H18BN3O6/c23-18(24)15-14(5-4-11-6-7-19(25)28-16(11)15)27-12-9-22(10-12)17(21-26)13-3-1-2-8-20-13/h1-5,8,12,25-26H,6-7,9-10H2,(H,23,24). The number of ether oxygens (including phenoxy) is 1. The molecule has 1 aromatic carbocycles. The number of oxime groups is 1. The Balaban J connectivity index is 1.49. The largest absolute Gasteiger partial charge is 0.535 e. The summed E-state index contributed by atoms with van der Waals surface area (Å²) in [6.07, 6.45) is 2.27. The van der Waals surface area contributed by atoms with Gasteiger partial charge in [0.05, 0.1) is 13.1 Å². The lowest BCUT2D eigenvalue weighted by Crippen LogP contribution is -2.56. The second kappa shape index (κ2) is 7.39. The molecule has 1 aromatic heterocycles. The van der Waals surface area contributed by atoms with Crippen LogP contribution in [0.4, 0.5) is 0 Å². The fraction of sp³-hybridized carbons (Fsp3) is 0.278. The molecule has 3 N–H and O–H groups in total. The lowest BCUT2D eigenvalue weighted by atomic mass is 9.78. The zero-order valence-electron chi connectivity index (χ0n) is 14.9. The van der Waals surface area contributed by atoms with Crippen LogP contribution in [0.25, 0.3) is 0 Å². The number of benzene rings is 1. The monoisotopic (exact) mass is 383 g/mol. The van der Waals surface area contributed by atoms with Crippen LogP contribution < -0.4 is 9.39 Å². The Morgan fingerprint density at radius 3 is 2.82 bits per heavy atom. The highest BCUT2D eigenvalue weighted by Crippen LogP contribution is 2.37. The van der Waals surface area contributed by atoms with Crippen molar-refractivity contribution in [1.82, 2.24) is 9.88 Å². The summed E-state index contributed by atoms with van der Waals surface area (Å²) >= 11 is 0. The molecule has 3 heterocycles. The number of amidine groups is 1. The predicted octanol–water partition coefficient (Wildman–Crippen LogP) is 1.09. The van der Waals surface area contributed by atoms with E-state index in [4.69, 9.17) is 9.39 Å². The van der Waals surface area contributed by atoms with E-state index >= 15 is 0 Å². The third-order valence-corrected chi connectivity index (χ3v) is 4.76. The van der Waals surface area contributed by atoms with Crippen molar-refractivity contribution in [2.75, 3.05) is 13.1 Å². The number of hydrogen-bond donors (Lipinski definition) is 3. The van der Waals surface area contributed by atoms with Gasteiger partial charge in [-0.2, -0.15) is 0 Å². The summed E-state index contributed by atoms with van der Waals surface area (Å²) in [6.45, 7) is 0.825. The van der Waals surface area contributed by atoms with Crippen molar-refractivity contribution in [2.45, 2.75) is 18.8 Å². The molecular formula is C18H18BN3O6. The van der Waals surface area contributed by atoms with Crippen molar-refractivity contribution in [3.8, 4) is 11.5 Å². The minimum absolute atomic E-state index is 0.0875. The van der Waals surface area contributed by atoms with Gasteiger partial charge in [0.1, 0.15) is 28.9 Å². The fourth-order valence-corrected chi connectivity index (χ4v) is 3.35. The molecule has 144 valence electrons. The smallest absolute Gasteiger partial charge is 0.522 e. The van der Waals surface area contributed by atoms with Gasteiger partial charge in [-0.25, -0.2) is 4.79 Å². The van der Waals surface area contributed by atoms with Crippen LogP contribution >= 0.6 is 0 Å². The minimum atomic E-state index is -1.18. The summed E-state index contributed by atoms with van der Waals surface area (Å²) in [7, 11) is -1.03. The zero-order chi connectivity index (χ0) is 19.7. The highest BCUT2D eigenvalue weighted by molar-refractivity contribution is 6.44. The Bertz CT molecular complexity index is 917. The molecule has 0 unspecified atom stereocenters. The maximum atomic E-state index is 11.8. The molecular weight excluding hydrogens is 365 g/mol. The number of rotatable bonds is 4. The van der Waals surface area contributed by atoms with Crippen molar-refractivity contribution in [3.63, 3.8) is 0 Å². The number of carbonyl (C=O) groups is 1. The highest BCUT2D eigenvalue weighted by atomic mass is 16.5. The fourth-order valence-electron chi connectivity index (χ4n) is 3.35. The van der Waals surface area contributed by atoms with Crippen LogP contribution in [-0.2, 0) is 6.42 Å². The van der Waals surface area contributed by atoms with E-state index < -0.39 is 13.1 Å². The Kier molecular flexibility index (Phi) is 4.78. The predicted molar refractivity (Wildman–Crippen MR) is 99.1 cm³/mol. The molecule has 0 aliphatic carbocycles. The SMILES string of the molecule is O=C(O)c1c(OC2CN(C(=NO)c3ccccn3)C2)ccc2c1OB(O)CC2. The van der Waals surface area contributed by atoms with Crippen LogP contribution in [-0.4, -0.2) is 63.3 Å². The molecule has 28 heavy (non-hydrogen) atoms. The summed E-state index contributed by atoms with van der Waals surface area (Å²) in [6, 6.07) is 8.67. The molecule has 10 heteroatoms. The minimum Gasteiger partial charge on any atom is -0.535 e. The lowest BCUT2D eigenvalue weighted by molar-refractivity contribution is 0.0587. The number of carboxylic acids is 1. The van der Waals surface area contributed by atoms with Gasteiger partial charge in [0.25, 0.3) is 0 Å². The van der Waals surface area contributed by atoms with E-state index in [-0.39, 0.29) is 23.2 Å². The Hall–Kier alpha value is -3.27. The molecule has 2 aromatic rings. The zero-order valence-corrected chi connectivity index (χ0v) is 14.9. The number of nitrogens with zero attached hydrogens (tertiary/aromatic N) is 3. The molecule has 9 nitrogen and oxygen atoms in total. The number of likely N-dealkylation sites (tertiary alicyclic amines) is 1. The molecule has 0 amide bonds. The number of aromatic nitrogens is 1. The lowest BCUT2D eigenvalue weighted by Gasteiger charge is -2.40. The molecule has 0 saturated carbocycles. The number of aromatic carboxylic acids is 1. The molecule has 2 aliphatic heterocycles. The van der Waals surface area contributed by atoms with Gasteiger partial charge in [0.15, 0.2) is 5.84 Å². The van der Waals surface area contributed by atoms with Gasteiger partial charge in [0, 0.05) is 6.20 Å². The van der Waals surface area contributed by atoms with Crippen LogP contribution in [0.5, 0.6) is 11.5 Å². The summed E-state index contributed by atoms with van der Waals surface area (Å²) in [5, 5.41) is 32.0. The molecule has 2 aliphatic rings. The quantitative estimate of drug-likeness (QED) is 0.236. The van der Waals surface area contributed by atoms with Gasteiger partial charge >= 0.3 is 13.1 Å². The van der Waals surface area contributed by atoms with Crippen molar-refractivity contribution >= 4 is 18.9 Å². The number of hydrogen-bond acceptors (Lipinski definition) is 7. The summed E-state index contributed by atoms with van der Waals surface area (Å²) < 4.78 is 11.2. The van der Waals surface area contributed by atoms with Crippen molar-refractivity contribution < 1.29 is 29.5 Å². The molecule has 0 bridgehead atoms. The molecule has 0 atom stereocenters. The highest BCUT2D eigenvalue weighted by Gasteiger charge is 2.35. The molecule has 1 fully saturated rings. The summed E-state index contributed by atoms with van der Waals surface area (Å²) in [5.74, 6) is -0.504. The van der Waals surface area contributed by atoms with Gasteiger partial charge in [-0.1, -0.05) is 17.3 Å².